The van der Waals surface area contributed by atoms with E-state index in [0.717, 1.165) is 43.7 Å². The molecule has 1 fully saturated rings. The summed E-state index contributed by atoms with van der Waals surface area (Å²) in [4.78, 5) is 12.8. The first-order valence-corrected chi connectivity index (χ1v) is 7.95. The molecule has 1 aromatic rings. The summed E-state index contributed by atoms with van der Waals surface area (Å²) in [6, 6.07) is 7.87. The van der Waals surface area contributed by atoms with Gasteiger partial charge in [-0.15, -0.1) is 0 Å². The highest BCUT2D eigenvalue weighted by atomic mass is 16.5. The molecular formula is C17H25NO4. The molecule has 1 saturated heterocycles. The highest BCUT2D eigenvalue weighted by Gasteiger charge is 2.16. The van der Waals surface area contributed by atoms with E-state index in [2.05, 4.69) is 6.92 Å². The summed E-state index contributed by atoms with van der Waals surface area (Å²) in [6.45, 7) is 4.99. The average Bonchev–Trinajstić information content (AvgIpc) is 2.99. The van der Waals surface area contributed by atoms with Crippen molar-refractivity contribution in [3.05, 3.63) is 29.8 Å². The molecule has 1 aliphatic rings. The lowest BCUT2D eigenvalue weighted by molar-refractivity contribution is -0.138. The van der Waals surface area contributed by atoms with Crippen molar-refractivity contribution in [2.24, 2.45) is 0 Å². The highest BCUT2D eigenvalue weighted by Crippen LogP contribution is 2.17. The van der Waals surface area contributed by atoms with E-state index >= 15 is 0 Å². The first-order valence-electron chi connectivity index (χ1n) is 7.95. The molecule has 122 valence electrons. The topological polar surface area (TPSA) is 59.0 Å². The number of rotatable bonds is 9. The molecule has 1 N–H and O–H groups in total. The Balaban J connectivity index is 1.82. The van der Waals surface area contributed by atoms with E-state index in [1.807, 2.05) is 29.2 Å². The standard InChI is InChI=1S/C17H25NO4/c1-2-9-18(12-17(19)20)11-14-5-7-15(8-6-14)22-13-16-4-3-10-21-16/h5-8,16H,2-4,9-13H2,1H3,(H,19,20). The number of carboxylic acids is 1. The molecule has 1 unspecified atom stereocenters. The third-order valence-electron chi connectivity index (χ3n) is 3.69. The van der Waals surface area contributed by atoms with Crippen molar-refractivity contribution >= 4 is 5.97 Å². The number of ether oxygens (including phenoxy) is 2. The molecule has 0 aromatic heterocycles. The molecular weight excluding hydrogens is 282 g/mol. The lowest BCUT2D eigenvalue weighted by Crippen LogP contribution is -2.30. The monoisotopic (exact) mass is 307 g/mol. The SMILES string of the molecule is CCCN(CC(=O)O)Cc1ccc(OCC2CCCO2)cc1. The van der Waals surface area contributed by atoms with Gasteiger partial charge in [0.1, 0.15) is 12.4 Å². The van der Waals surface area contributed by atoms with Gasteiger partial charge in [-0.05, 0) is 43.5 Å². The zero-order chi connectivity index (χ0) is 15.8. The van der Waals surface area contributed by atoms with Gasteiger partial charge in [-0.25, -0.2) is 0 Å². The zero-order valence-corrected chi connectivity index (χ0v) is 13.2. The first-order chi connectivity index (χ1) is 10.7. The molecule has 1 atom stereocenters. The summed E-state index contributed by atoms with van der Waals surface area (Å²) in [6.07, 6.45) is 3.34. The Morgan fingerprint density at radius 3 is 2.77 bits per heavy atom. The fourth-order valence-corrected chi connectivity index (χ4v) is 2.64. The quantitative estimate of drug-likeness (QED) is 0.760. The van der Waals surface area contributed by atoms with Crippen LogP contribution in [0.1, 0.15) is 31.7 Å². The summed E-state index contributed by atoms with van der Waals surface area (Å²) < 4.78 is 11.3. The van der Waals surface area contributed by atoms with Gasteiger partial charge in [0.25, 0.3) is 0 Å². The van der Waals surface area contributed by atoms with Gasteiger partial charge in [0, 0.05) is 13.2 Å². The Hall–Kier alpha value is -1.59. The van der Waals surface area contributed by atoms with E-state index in [1.165, 1.54) is 0 Å². The maximum Gasteiger partial charge on any atom is 0.317 e. The second-order valence-corrected chi connectivity index (χ2v) is 5.69. The highest BCUT2D eigenvalue weighted by molar-refractivity contribution is 5.69. The molecule has 0 aliphatic carbocycles. The minimum atomic E-state index is -0.787. The zero-order valence-electron chi connectivity index (χ0n) is 13.2. The second kappa shape index (κ2) is 8.76. The Kier molecular flexibility index (Phi) is 6.68. The van der Waals surface area contributed by atoms with Crippen molar-refractivity contribution in [1.82, 2.24) is 4.90 Å². The van der Waals surface area contributed by atoms with E-state index in [9.17, 15) is 4.79 Å². The van der Waals surface area contributed by atoms with Gasteiger partial charge in [0.15, 0.2) is 0 Å². The molecule has 5 nitrogen and oxygen atoms in total. The predicted molar refractivity (Wildman–Crippen MR) is 84.1 cm³/mol. The van der Waals surface area contributed by atoms with Crippen LogP contribution >= 0.6 is 0 Å². The molecule has 0 spiro atoms. The van der Waals surface area contributed by atoms with Crippen LogP contribution in [-0.2, 0) is 16.1 Å². The summed E-state index contributed by atoms with van der Waals surface area (Å²) in [5.41, 5.74) is 1.10. The van der Waals surface area contributed by atoms with E-state index in [0.29, 0.717) is 13.2 Å². The molecule has 2 rings (SSSR count). The Morgan fingerprint density at radius 2 is 2.18 bits per heavy atom. The van der Waals surface area contributed by atoms with Crippen LogP contribution in [0.5, 0.6) is 5.75 Å². The fourth-order valence-electron chi connectivity index (χ4n) is 2.64. The lowest BCUT2D eigenvalue weighted by Gasteiger charge is -2.19. The molecule has 0 amide bonds. The van der Waals surface area contributed by atoms with Gasteiger partial charge < -0.3 is 14.6 Å². The normalized spacial score (nSPS) is 17.8. The maximum atomic E-state index is 10.9. The molecule has 0 radical (unpaired) electrons. The third-order valence-corrected chi connectivity index (χ3v) is 3.69. The van der Waals surface area contributed by atoms with Crippen LogP contribution in [0.3, 0.4) is 0 Å². The second-order valence-electron chi connectivity index (χ2n) is 5.69. The average molecular weight is 307 g/mol. The van der Waals surface area contributed by atoms with Gasteiger partial charge in [-0.3, -0.25) is 9.69 Å². The van der Waals surface area contributed by atoms with Gasteiger partial charge in [0.2, 0.25) is 0 Å². The number of hydrogen-bond donors (Lipinski definition) is 1. The lowest BCUT2D eigenvalue weighted by atomic mass is 10.2. The number of hydrogen-bond acceptors (Lipinski definition) is 4. The van der Waals surface area contributed by atoms with E-state index in [4.69, 9.17) is 14.6 Å². The van der Waals surface area contributed by atoms with E-state index in [1.54, 1.807) is 0 Å². The number of nitrogens with zero attached hydrogens (tertiary/aromatic N) is 1. The van der Waals surface area contributed by atoms with Crippen molar-refractivity contribution in [1.29, 1.82) is 0 Å². The van der Waals surface area contributed by atoms with Crippen molar-refractivity contribution in [2.75, 3.05) is 26.3 Å². The molecule has 0 saturated carbocycles. The maximum absolute atomic E-state index is 10.9. The Labute approximate surface area is 131 Å². The summed E-state index contributed by atoms with van der Waals surface area (Å²) >= 11 is 0. The fraction of sp³-hybridized carbons (Fsp3) is 0.588. The number of carboxylic acid groups (broad SMARTS) is 1. The van der Waals surface area contributed by atoms with Crippen molar-refractivity contribution in [2.45, 2.75) is 38.8 Å². The molecule has 1 aromatic carbocycles. The summed E-state index contributed by atoms with van der Waals surface area (Å²) in [5, 5.41) is 8.93. The van der Waals surface area contributed by atoms with Crippen LogP contribution in [0, 0.1) is 0 Å². The van der Waals surface area contributed by atoms with Crippen LogP contribution in [0.4, 0.5) is 0 Å². The largest absolute Gasteiger partial charge is 0.491 e. The van der Waals surface area contributed by atoms with Crippen LogP contribution in [0.15, 0.2) is 24.3 Å². The van der Waals surface area contributed by atoms with Crippen LogP contribution < -0.4 is 4.74 Å². The number of benzene rings is 1. The smallest absolute Gasteiger partial charge is 0.317 e. The molecule has 1 aliphatic heterocycles. The third kappa shape index (κ3) is 5.66. The van der Waals surface area contributed by atoms with Crippen LogP contribution in [0.2, 0.25) is 0 Å². The number of carbonyl (C=O) groups is 1. The molecule has 5 heteroatoms. The minimum absolute atomic E-state index is 0.0745. The van der Waals surface area contributed by atoms with Crippen LogP contribution in [-0.4, -0.2) is 48.4 Å². The van der Waals surface area contributed by atoms with Crippen molar-refractivity contribution in [3.63, 3.8) is 0 Å². The van der Waals surface area contributed by atoms with Crippen molar-refractivity contribution < 1.29 is 19.4 Å². The number of aliphatic carboxylic acids is 1. The van der Waals surface area contributed by atoms with E-state index in [-0.39, 0.29) is 12.6 Å². The van der Waals surface area contributed by atoms with Gasteiger partial charge in [0.05, 0.1) is 12.6 Å². The minimum Gasteiger partial charge on any atom is -0.491 e. The summed E-state index contributed by atoms with van der Waals surface area (Å²) in [5.74, 6) is 0.0458. The van der Waals surface area contributed by atoms with Gasteiger partial charge >= 0.3 is 5.97 Å². The van der Waals surface area contributed by atoms with Gasteiger partial charge in [-0.1, -0.05) is 19.1 Å². The first kappa shape index (κ1) is 16.8. The predicted octanol–water partition coefficient (Wildman–Crippen LogP) is 2.54. The van der Waals surface area contributed by atoms with Crippen LogP contribution in [0.25, 0.3) is 0 Å². The molecule has 22 heavy (non-hydrogen) atoms. The van der Waals surface area contributed by atoms with Gasteiger partial charge in [-0.2, -0.15) is 0 Å². The molecule has 0 bridgehead atoms. The van der Waals surface area contributed by atoms with E-state index < -0.39 is 5.97 Å². The Morgan fingerprint density at radius 1 is 1.41 bits per heavy atom. The molecule has 1 heterocycles. The van der Waals surface area contributed by atoms with Crippen molar-refractivity contribution in [3.8, 4) is 5.75 Å². The Bertz CT molecular complexity index is 454. The summed E-state index contributed by atoms with van der Waals surface area (Å²) in [7, 11) is 0.